The number of carbonyl (C=O) groups is 1. The van der Waals surface area contributed by atoms with E-state index in [0.29, 0.717) is 10.3 Å². The zero-order chi connectivity index (χ0) is 10.3. The fourth-order valence-corrected chi connectivity index (χ4v) is 2.55. The molecule has 0 atom stereocenters. The summed E-state index contributed by atoms with van der Waals surface area (Å²) in [5.41, 5.74) is -0.0564. The van der Waals surface area contributed by atoms with Gasteiger partial charge in [0.05, 0.1) is 0 Å². The minimum atomic E-state index is -1.13. The number of aromatic carboxylic acids is 1. The SMILES string of the molecule is O=C(O)c1c(O)cc(S)c2sccc12. The Labute approximate surface area is 89.0 Å². The number of aromatic hydroxyl groups is 1. The molecule has 2 N–H and O–H groups in total. The highest BCUT2D eigenvalue weighted by Gasteiger charge is 2.16. The molecule has 2 rings (SSSR count). The van der Waals surface area contributed by atoms with E-state index in [1.165, 1.54) is 17.4 Å². The molecule has 0 radical (unpaired) electrons. The molecular formula is C9H6O3S2. The second-order valence-corrected chi connectivity index (χ2v) is 4.16. The maximum Gasteiger partial charge on any atom is 0.340 e. The lowest BCUT2D eigenvalue weighted by Gasteiger charge is -2.03. The van der Waals surface area contributed by atoms with Crippen LogP contribution in [-0.2, 0) is 0 Å². The van der Waals surface area contributed by atoms with Crippen LogP contribution in [0.3, 0.4) is 0 Å². The Bertz CT molecular complexity index is 516. The van der Waals surface area contributed by atoms with E-state index in [0.717, 1.165) is 4.70 Å². The third-order valence-electron chi connectivity index (χ3n) is 1.91. The van der Waals surface area contributed by atoms with E-state index in [1.54, 1.807) is 11.4 Å². The second kappa shape index (κ2) is 3.18. The average molecular weight is 226 g/mol. The molecule has 3 nitrogen and oxygen atoms in total. The molecule has 0 bridgehead atoms. The topological polar surface area (TPSA) is 57.5 Å². The number of carboxylic acid groups (broad SMARTS) is 1. The van der Waals surface area contributed by atoms with Crippen molar-refractivity contribution in [1.29, 1.82) is 0 Å². The lowest BCUT2D eigenvalue weighted by Crippen LogP contribution is -1.97. The largest absolute Gasteiger partial charge is 0.507 e. The summed E-state index contributed by atoms with van der Waals surface area (Å²) in [6.07, 6.45) is 0. The number of fused-ring (bicyclic) bond motifs is 1. The molecule has 1 aromatic carbocycles. The van der Waals surface area contributed by atoms with Gasteiger partial charge in [0, 0.05) is 15.0 Å². The van der Waals surface area contributed by atoms with Crippen LogP contribution < -0.4 is 0 Å². The van der Waals surface area contributed by atoms with Crippen LogP contribution >= 0.6 is 24.0 Å². The van der Waals surface area contributed by atoms with E-state index in [2.05, 4.69) is 12.6 Å². The van der Waals surface area contributed by atoms with Crippen LogP contribution in [0.2, 0.25) is 0 Å². The van der Waals surface area contributed by atoms with E-state index in [1.807, 2.05) is 0 Å². The number of phenols is 1. The first kappa shape index (κ1) is 9.36. The molecule has 72 valence electrons. The summed E-state index contributed by atoms with van der Waals surface area (Å²) in [5.74, 6) is -1.37. The number of thiophene rings is 1. The molecule has 1 aromatic heterocycles. The molecule has 0 fully saturated rings. The van der Waals surface area contributed by atoms with Gasteiger partial charge in [-0.25, -0.2) is 4.79 Å². The maximum atomic E-state index is 10.9. The maximum absolute atomic E-state index is 10.9. The molecule has 0 amide bonds. The first-order valence-corrected chi connectivity index (χ1v) is 5.09. The Morgan fingerprint density at radius 2 is 2.21 bits per heavy atom. The van der Waals surface area contributed by atoms with Gasteiger partial charge in [-0.2, -0.15) is 0 Å². The standard InChI is InChI=1S/C9H6O3S2/c10-5-3-6(13)8-4(1-2-14-8)7(5)9(11)12/h1-3,10,13H,(H,11,12). The number of benzene rings is 1. The van der Waals surface area contributed by atoms with Crippen LogP contribution in [0.5, 0.6) is 5.75 Å². The van der Waals surface area contributed by atoms with Crippen molar-refractivity contribution in [2.75, 3.05) is 0 Å². The molecule has 0 saturated heterocycles. The van der Waals surface area contributed by atoms with Crippen molar-refractivity contribution in [3.05, 3.63) is 23.1 Å². The quantitative estimate of drug-likeness (QED) is 0.655. The van der Waals surface area contributed by atoms with Crippen LogP contribution in [0, 0.1) is 0 Å². The van der Waals surface area contributed by atoms with Gasteiger partial charge in [0.25, 0.3) is 0 Å². The first-order chi connectivity index (χ1) is 6.61. The van der Waals surface area contributed by atoms with Crippen molar-refractivity contribution in [1.82, 2.24) is 0 Å². The number of hydrogen-bond donors (Lipinski definition) is 3. The normalized spacial score (nSPS) is 10.6. The minimum Gasteiger partial charge on any atom is -0.507 e. The zero-order valence-electron chi connectivity index (χ0n) is 6.89. The molecule has 0 aliphatic heterocycles. The third kappa shape index (κ3) is 1.25. The second-order valence-electron chi connectivity index (χ2n) is 2.76. The molecule has 1 heterocycles. The lowest BCUT2D eigenvalue weighted by atomic mass is 10.1. The van der Waals surface area contributed by atoms with Crippen LogP contribution in [-0.4, -0.2) is 16.2 Å². The fraction of sp³-hybridized carbons (Fsp3) is 0. The van der Waals surface area contributed by atoms with E-state index in [9.17, 15) is 9.90 Å². The van der Waals surface area contributed by atoms with Gasteiger partial charge in [0.15, 0.2) is 0 Å². The summed E-state index contributed by atoms with van der Waals surface area (Å²) in [7, 11) is 0. The Balaban J connectivity index is 2.93. The summed E-state index contributed by atoms with van der Waals surface area (Å²) in [4.78, 5) is 11.5. The van der Waals surface area contributed by atoms with Gasteiger partial charge in [-0.05, 0) is 17.5 Å². The summed E-state index contributed by atoms with van der Waals surface area (Å²) in [5, 5.41) is 20.7. The molecule has 14 heavy (non-hydrogen) atoms. The van der Waals surface area contributed by atoms with Crippen molar-refractivity contribution >= 4 is 40.0 Å². The lowest BCUT2D eigenvalue weighted by molar-refractivity contribution is 0.0696. The average Bonchev–Trinajstić information content (AvgIpc) is 2.51. The van der Waals surface area contributed by atoms with E-state index in [-0.39, 0.29) is 11.3 Å². The van der Waals surface area contributed by atoms with Gasteiger partial charge in [-0.15, -0.1) is 24.0 Å². The smallest absolute Gasteiger partial charge is 0.340 e. The predicted octanol–water partition coefficient (Wildman–Crippen LogP) is 2.59. The third-order valence-corrected chi connectivity index (χ3v) is 3.36. The summed E-state index contributed by atoms with van der Waals surface area (Å²) in [6, 6.07) is 3.02. The highest BCUT2D eigenvalue weighted by Crippen LogP contribution is 2.35. The number of carboxylic acids is 1. The van der Waals surface area contributed by atoms with E-state index < -0.39 is 5.97 Å². The summed E-state index contributed by atoms with van der Waals surface area (Å²) >= 11 is 5.56. The van der Waals surface area contributed by atoms with Crippen molar-refractivity contribution in [3.63, 3.8) is 0 Å². The summed E-state index contributed by atoms with van der Waals surface area (Å²) in [6.45, 7) is 0. The number of hydrogen-bond acceptors (Lipinski definition) is 4. The molecule has 5 heteroatoms. The highest BCUT2D eigenvalue weighted by atomic mass is 32.1. The predicted molar refractivity (Wildman–Crippen MR) is 57.7 cm³/mol. The van der Waals surface area contributed by atoms with Gasteiger partial charge in [-0.1, -0.05) is 0 Å². The van der Waals surface area contributed by atoms with Gasteiger partial charge < -0.3 is 10.2 Å². The molecule has 0 saturated carbocycles. The van der Waals surface area contributed by atoms with Crippen LogP contribution in [0.4, 0.5) is 0 Å². The molecule has 0 spiro atoms. The van der Waals surface area contributed by atoms with Gasteiger partial charge in [-0.3, -0.25) is 0 Å². The number of rotatable bonds is 1. The Hall–Kier alpha value is -1.20. The van der Waals surface area contributed by atoms with E-state index >= 15 is 0 Å². The molecule has 2 aromatic rings. The van der Waals surface area contributed by atoms with Gasteiger partial charge in [0.1, 0.15) is 11.3 Å². The fourth-order valence-electron chi connectivity index (χ4n) is 1.33. The Kier molecular flexibility index (Phi) is 2.13. The van der Waals surface area contributed by atoms with Gasteiger partial charge in [0.2, 0.25) is 0 Å². The van der Waals surface area contributed by atoms with Gasteiger partial charge >= 0.3 is 5.97 Å². The first-order valence-electron chi connectivity index (χ1n) is 3.76. The summed E-state index contributed by atoms with van der Waals surface area (Å²) < 4.78 is 0.781. The monoisotopic (exact) mass is 226 g/mol. The molecule has 0 aliphatic carbocycles. The number of thiol groups is 1. The van der Waals surface area contributed by atoms with E-state index in [4.69, 9.17) is 5.11 Å². The highest BCUT2D eigenvalue weighted by molar-refractivity contribution is 7.80. The molecule has 0 aliphatic rings. The van der Waals surface area contributed by atoms with Crippen molar-refractivity contribution in [2.45, 2.75) is 4.90 Å². The van der Waals surface area contributed by atoms with Crippen LogP contribution in [0.25, 0.3) is 10.1 Å². The Morgan fingerprint density at radius 1 is 1.50 bits per heavy atom. The van der Waals surface area contributed by atoms with Crippen molar-refractivity contribution in [2.24, 2.45) is 0 Å². The Morgan fingerprint density at radius 3 is 2.86 bits per heavy atom. The van der Waals surface area contributed by atoms with Crippen LogP contribution in [0.1, 0.15) is 10.4 Å². The van der Waals surface area contributed by atoms with Crippen LogP contribution in [0.15, 0.2) is 22.4 Å². The van der Waals surface area contributed by atoms with Crippen molar-refractivity contribution < 1.29 is 15.0 Å². The minimum absolute atomic E-state index is 0.0564. The molecule has 0 unspecified atom stereocenters. The molecular weight excluding hydrogens is 220 g/mol. The zero-order valence-corrected chi connectivity index (χ0v) is 8.60. The van der Waals surface area contributed by atoms with Crippen molar-refractivity contribution in [3.8, 4) is 5.75 Å².